The summed E-state index contributed by atoms with van der Waals surface area (Å²) in [6.07, 6.45) is 3.11. The van der Waals surface area contributed by atoms with Crippen molar-refractivity contribution in [3.8, 4) is 17.4 Å². The molecule has 0 atom stereocenters. The average molecular weight is 275 g/mol. The zero-order chi connectivity index (χ0) is 14.7. The Morgan fingerprint density at radius 1 is 1.45 bits per heavy atom. The van der Waals surface area contributed by atoms with E-state index in [4.69, 9.17) is 10.5 Å². The van der Waals surface area contributed by atoms with Gasteiger partial charge in [0.25, 0.3) is 5.88 Å². The number of para-hydroxylation sites is 1. The van der Waals surface area contributed by atoms with Gasteiger partial charge in [0, 0.05) is 18.9 Å². The fourth-order valence-electron chi connectivity index (χ4n) is 1.76. The minimum atomic E-state index is -0.330. The lowest BCUT2D eigenvalue weighted by molar-refractivity contribution is 0.428. The van der Waals surface area contributed by atoms with Crippen molar-refractivity contribution in [2.24, 2.45) is 5.92 Å². The molecule has 0 bridgehead atoms. The van der Waals surface area contributed by atoms with Crippen LogP contribution in [0, 0.1) is 5.92 Å². The van der Waals surface area contributed by atoms with E-state index in [2.05, 4.69) is 4.98 Å². The molecule has 2 rings (SSSR count). The molecule has 0 aliphatic rings. The van der Waals surface area contributed by atoms with Crippen LogP contribution in [0.5, 0.6) is 17.4 Å². The number of nitrogens with two attached hydrogens (primary N) is 1. The Balaban J connectivity index is 2.35. The van der Waals surface area contributed by atoms with E-state index in [1.165, 1.54) is 16.8 Å². The average Bonchev–Trinajstić information content (AvgIpc) is 2.39. The number of nitrogens with zero attached hydrogens (tertiary/aromatic N) is 2. The van der Waals surface area contributed by atoms with Gasteiger partial charge in [-0.05, 0) is 18.1 Å². The predicted molar refractivity (Wildman–Crippen MR) is 75.9 cm³/mol. The van der Waals surface area contributed by atoms with Crippen LogP contribution in [-0.4, -0.2) is 14.7 Å². The second-order valence-corrected chi connectivity index (χ2v) is 4.87. The zero-order valence-electron chi connectivity index (χ0n) is 11.4. The maximum absolute atomic E-state index is 12.2. The van der Waals surface area contributed by atoms with Crippen LogP contribution in [-0.2, 0) is 6.54 Å². The van der Waals surface area contributed by atoms with Crippen LogP contribution in [0.15, 0.2) is 35.4 Å². The molecule has 0 amide bonds. The van der Waals surface area contributed by atoms with Gasteiger partial charge >= 0.3 is 5.56 Å². The molecule has 0 unspecified atom stereocenters. The monoisotopic (exact) mass is 275 g/mol. The SMILES string of the molecule is CC(C)Cn1ccnc(Oc2cccc(O)c2N)c1=O. The molecule has 0 spiro atoms. The third-order valence-corrected chi connectivity index (χ3v) is 2.69. The van der Waals surface area contributed by atoms with Gasteiger partial charge in [-0.3, -0.25) is 4.79 Å². The van der Waals surface area contributed by atoms with E-state index in [0.717, 1.165) is 0 Å². The van der Waals surface area contributed by atoms with E-state index in [0.29, 0.717) is 12.5 Å². The van der Waals surface area contributed by atoms with Gasteiger partial charge in [-0.1, -0.05) is 19.9 Å². The molecule has 3 N–H and O–H groups in total. The number of anilines is 1. The highest BCUT2D eigenvalue weighted by atomic mass is 16.5. The smallest absolute Gasteiger partial charge is 0.313 e. The lowest BCUT2D eigenvalue weighted by Crippen LogP contribution is -2.23. The highest BCUT2D eigenvalue weighted by Crippen LogP contribution is 2.31. The fraction of sp³-hybridized carbons (Fsp3) is 0.286. The first-order valence-corrected chi connectivity index (χ1v) is 6.29. The van der Waals surface area contributed by atoms with Gasteiger partial charge in [-0.25, -0.2) is 4.98 Å². The molecule has 6 nitrogen and oxygen atoms in total. The molecule has 106 valence electrons. The molecule has 0 aliphatic carbocycles. The van der Waals surface area contributed by atoms with Crippen molar-refractivity contribution < 1.29 is 9.84 Å². The molecule has 2 aromatic rings. The lowest BCUT2D eigenvalue weighted by atomic mass is 10.2. The number of aromatic nitrogens is 2. The Morgan fingerprint density at radius 2 is 2.20 bits per heavy atom. The van der Waals surface area contributed by atoms with Crippen molar-refractivity contribution in [3.05, 3.63) is 40.9 Å². The number of aromatic hydroxyl groups is 1. The maximum atomic E-state index is 12.2. The molecule has 0 aliphatic heterocycles. The van der Waals surface area contributed by atoms with Crippen LogP contribution < -0.4 is 16.0 Å². The predicted octanol–water partition coefficient (Wildman–Crippen LogP) is 1.98. The molecular formula is C14H17N3O3. The number of rotatable bonds is 4. The third kappa shape index (κ3) is 2.90. The first kappa shape index (κ1) is 13.9. The quantitative estimate of drug-likeness (QED) is 0.657. The van der Waals surface area contributed by atoms with Gasteiger partial charge in [0.05, 0.1) is 0 Å². The molecule has 0 fully saturated rings. The Morgan fingerprint density at radius 3 is 2.90 bits per heavy atom. The molecule has 20 heavy (non-hydrogen) atoms. The van der Waals surface area contributed by atoms with Crippen LogP contribution >= 0.6 is 0 Å². The van der Waals surface area contributed by atoms with Crippen molar-refractivity contribution in [3.63, 3.8) is 0 Å². The zero-order valence-corrected chi connectivity index (χ0v) is 11.4. The van der Waals surface area contributed by atoms with Crippen LogP contribution in [0.4, 0.5) is 5.69 Å². The van der Waals surface area contributed by atoms with Crippen LogP contribution in [0.1, 0.15) is 13.8 Å². The first-order chi connectivity index (χ1) is 9.49. The first-order valence-electron chi connectivity index (χ1n) is 6.29. The molecular weight excluding hydrogens is 258 g/mol. The summed E-state index contributed by atoms with van der Waals surface area (Å²) in [5.74, 6) is 0.372. The number of ether oxygens (including phenoxy) is 1. The topological polar surface area (TPSA) is 90.4 Å². The molecule has 1 aromatic heterocycles. The van der Waals surface area contributed by atoms with Gasteiger partial charge in [0.1, 0.15) is 11.4 Å². The Kier molecular flexibility index (Phi) is 3.93. The molecule has 0 saturated carbocycles. The van der Waals surface area contributed by atoms with E-state index in [-0.39, 0.29) is 28.6 Å². The summed E-state index contributed by atoms with van der Waals surface area (Å²) in [6, 6.07) is 4.59. The fourth-order valence-corrected chi connectivity index (χ4v) is 1.76. The van der Waals surface area contributed by atoms with Gasteiger partial charge in [0.15, 0.2) is 5.75 Å². The van der Waals surface area contributed by atoms with Crippen molar-refractivity contribution >= 4 is 5.69 Å². The summed E-state index contributed by atoms with van der Waals surface area (Å²) in [6.45, 7) is 4.61. The summed E-state index contributed by atoms with van der Waals surface area (Å²) in [5, 5.41) is 9.51. The third-order valence-electron chi connectivity index (χ3n) is 2.69. The van der Waals surface area contributed by atoms with E-state index in [1.807, 2.05) is 13.8 Å². The summed E-state index contributed by atoms with van der Waals surface area (Å²) >= 11 is 0. The second-order valence-electron chi connectivity index (χ2n) is 4.87. The Hall–Kier alpha value is -2.50. The number of hydrogen-bond acceptors (Lipinski definition) is 5. The minimum Gasteiger partial charge on any atom is -0.506 e. The number of benzene rings is 1. The Labute approximate surface area is 116 Å². The summed E-state index contributed by atoms with van der Waals surface area (Å²) in [7, 11) is 0. The molecule has 0 saturated heterocycles. The van der Waals surface area contributed by atoms with Crippen molar-refractivity contribution in [1.29, 1.82) is 0 Å². The minimum absolute atomic E-state index is 0.0644. The summed E-state index contributed by atoms with van der Waals surface area (Å²) in [5.41, 5.74) is 5.43. The summed E-state index contributed by atoms with van der Waals surface area (Å²) < 4.78 is 6.95. The van der Waals surface area contributed by atoms with Gasteiger partial charge < -0.3 is 20.1 Å². The molecule has 1 aromatic carbocycles. The summed E-state index contributed by atoms with van der Waals surface area (Å²) in [4.78, 5) is 16.1. The van der Waals surface area contributed by atoms with E-state index < -0.39 is 0 Å². The lowest BCUT2D eigenvalue weighted by Gasteiger charge is -2.11. The number of hydrogen-bond donors (Lipinski definition) is 2. The Bertz CT molecular complexity index is 665. The largest absolute Gasteiger partial charge is 0.506 e. The van der Waals surface area contributed by atoms with Crippen molar-refractivity contribution in [2.75, 3.05) is 5.73 Å². The van der Waals surface area contributed by atoms with Gasteiger partial charge in [-0.15, -0.1) is 0 Å². The number of nitrogen functional groups attached to an aromatic ring is 1. The second kappa shape index (κ2) is 5.64. The normalized spacial score (nSPS) is 10.8. The van der Waals surface area contributed by atoms with E-state index in [1.54, 1.807) is 18.3 Å². The van der Waals surface area contributed by atoms with Crippen LogP contribution in [0.3, 0.4) is 0 Å². The molecule has 1 heterocycles. The number of phenols is 1. The standard InChI is InChI=1S/C14H17N3O3/c1-9(2)8-17-7-6-16-13(14(17)19)20-11-5-3-4-10(18)12(11)15/h3-7,9,18H,8,15H2,1-2H3. The van der Waals surface area contributed by atoms with Crippen LogP contribution in [0.2, 0.25) is 0 Å². The molecule has 6 heteroatoms. The highest BCUT2D eigenvalue weighted by Gasteiger charge is 2.11. The maximum Gasteiger partial charge on any atom is 0.313 e. The molecule has 0 radical (unpaired) electrons. The van der Waals surface area contributed by atoms with Gasteiger partial charge in [0.2, 0.25) is 0 Å². The van der Waals surface area contributed by atoms with Crippen molar-refractivity contribution in [1.82, 2.24) is 9.55 Å². The highest BCUT2D eigenvalue weighted by molar-refractivity contribution is 5.62. The van der Waals surface area contributed by atoms with Gasteiger partial charge in [-0.2, -0.15) is 0 Å². The van der Waals surface area contributed by atoms with Crippen LogP contribution in [0.25, 0.3) is 0 Å². The number of phenolic OH excluding ortho intramolecular Hbond substituents is 1. The van der Waals surface area contributed by atoms with E-state index in [9.17, 15) is 9.90 Å². The van der Waals surface area contributed by atoms with Crippen molar-refractivity contribution in [2.45, 2.75) is 20.4 Å². The van der Waals surface area contributed by atoms with E-state index >= 15 is 0 Å².